The number of hydrogen-bond donors (Lipinski definition) is 2. The lowest BCUT2D eigenvalue weighted by molar-refractivity contribution is -0.119. The molecule has 0 radical (unpaired) electrons. The highest BCUT2D eigenvalue weighted by molar-refractivity contribution is 5.80. The van der Waals surface area contributed by atoms with Gasteiger partial charge in [-0.15, -0.1) is 0 Å². The first-order valence-electron chi connectivity index (χ1n) is 10.1. The second-order valence-electron chi connectivity index (χ2n) is 7.75. The Kier molecular flexibility index (Phi) is 8.00. The summed E-state index contributed by atoms with van der Waals surface area (Å²) in [6.07, 6.45) is 6.62. The van der Waals surface area contributed by atoms with Gasteiger partial charge in [-0.1, -0.05) is 6.42 Å². The number of aliphatic imine (C=N–C) groups is 1. The minimum absolute atomic E-state index is 0.193. The van der Waals surface area contributed by atoms with Gasteiger partial charge in [-0.05, 0) is 58.9 Å². The van der Waals surface area contributed by atoms with E-state index in [-0.39, 0.29) is 5.91 Å². The zero-order valence-electron chi connectivity index (χ0n) is 16.3. The van der Waals surface area contributed by atoms with Crippen molar-refractivity contribution in [2.45, 2.75) is 71.4 Å². The Morgan fingerprint density at radius 1 is 1.28 bits per heavy atom. The summed E-state index contributed by atoms with van der Waals surface area (Å²) in [5.74, 6) is 1.16. The molecule has 144 valence electrons. The monoisotopic (exact) mass is 351 g/mol. The summed E-state index contributed by atoms with van der Waals surface area (Å²) in [4.78, 5) is 21.1. The third-order valence-electron chi connectivity index (χ3n) is 5.57. The molecule has 1 amide bonds. The van der Waals surface area contributed by atoms with E-state index >= 15 is 0 Å². The minimum atomic E-state index is -0.193. The predicted molar refractivity (Wildman–Crippen MR) is 104 cm³/mol. The highest BCUT2D eigenvalue weighted by Crippen LogP contribution is 2.21. The Labute approximate surface area is 153 Å². The Balaban J connectivity index is 1.95. The molecule has 3 atom stereocenters. The van der Waals surface area contributed by atoms with Gasteiger partial charge in [-0.2, -0.15) is 0 Å². The Morgan fingerprint density at radius 3 is 2.76 bits per heavy atom. The fourth-order valence-electron chi connectivity index (χ4n) is 4.23. The van der Waals surface area contributed by atoms with Crippen LogP contribution in [0.3, 0.4) is 0 Å². The zero-order chi connectivity index (χ0) is 18.2. The van der Waals surface area contributed by atoms with Crippen LogP contribution in [-0.4, -0.2) is 66.5 Å². The molecule has 2 saturated heterocycles. The van der Waals surface area contributed by atoms with Gasteiger partial charge in [0.25, 0.3) is 0 Å². The van der Waals surface area contributed by atoms with Gasteiger partial charge in [-0.3, -0.25) is 14.7 Å². The van der Waals surface area contributed by atoms with E-state index in [1.807, 2.05) is 0 Å². The molecule has 2 heterocycles. The quantitative estimate of drug-likeness (QED) is 0.565. The summed E-state index contributed by atoms with van der Waals surface area (Å²) < 4.78 is 0. The summed E-state index contributed by atoms with van der Waals surface area (Å²) in [7, 11) is 0. The van der Waals surface area contributed by atoms with Crippen LogP contribution in [0, 0.1) is 5.92 Å². The Hall–Kier alpha value is -1.30. The van der Waals surface area contributed by atoms with Crippen molar-refractivity contribution in [2.24, 2.45) is 16.6 Å². The van der Waals surface area contributed by atoms with Crippen molar-refractivity contribution in [3.8, 4) is 0 Å². The van der Waals surface area contributed by atoms with E-state index in [2.05, 4.69) is 35.9 Å². The molecule has 25 heavy (non-hydrogen) atoms. The maximum absolute atomic E-state index is 11.2. The first-order valence-corrected chi connectivity index (χ1v) is 10.1. The van der Waals surface area contributed by atoms with Gasteiger partial charge >= 0.3 is 0 Å². The number of piperidine rings is 2. The van der Waals surface area contributed by atoms with Crippen LogP contribution in [0.5, 0.6) is 0 Å². The zero-order valence-corrected chi connectivity index (χ0v) is 16.3. The molecule has 0 aromatic rings. The number of guanidine groups is 1. The lowest BCUT2D eigenvalue weighted by Crippen LogP contribution is -2.48. The number of nitrogens with one attached hydrogen (secondary N) is 1. The first kappa shape index (κ1) is 20.0. The number of carbonyl (C=O) groups is 1. The molecule has 3 unspecified atom stereocenters. The summed E-state index contributed by atoms with van der Waals surface area (Å²) in [6.45, 7) is 11.5. The molecular weight excluding hydrogens is 314 g/mol. The fraction of sp³-hybridized carbons (Fsp3) is 0.895. The topological polar surface area (TPSA) is 74.0 Å². The molecule has 6 heteroatoms. The van der Waals surface area contributed by atoms with Crippen LogP contribution in [-0.2, 0) is 4.79 Å². The molecule has 0 bridgehead atoms. The molecule has 2 rings (SSSR count). The van der Waals surface area contributed by atoms with Crippen LogP contribution in [0.4, 0.5) is 0 Å². The lowest BCUT2D eigenvalue weighted by atomic mass is 9.95. The third-order valence-corrected chi connectivity index (χ3v) is 5.57. The standard InChI is InChI=1S/C19H37N5O/c1-4-21-19(23-10-7-9-17(14-23)12-18(20)25)22-13-16(3)24-11-6-5-8-15(24)2/h15-17H,4-14H2,1-3H3,(H2,20,25)(H,21,22). The van der Waals surface area contributed by atoms with Crippen molar-refractivity contribution >= 4 is 11.9 Å². The number of nitrogens with zero attached hydrogens (tertiary/aromatic N) is 3. The van der Waals surface area contributed by atoms with Crippen LogP contribution in [0.25, 0.3) is 0 Å². The van der Waals surface area contributed by atoms with E-state index in [0.717, 1.165) is 45.0 Å². The van der Waals surface area contributed by atoms with E-state index in [1.54, 1.807) is 0 Å². The second kappa shape index (κ2) is 10.00. The third kappa shape index (κ3) is 6.17. The number of likely N-dealkylation sites (tertiary alicyclic amines) is 2. The fourth-order valence-corrected chi connectivity index (χ4v) is 4.23. The summed E-state index contributed by atoms with van der Waals surface area (Å²) in [5.41, 5.74) is 5.39. The SMILES string of the molecule is CCNC(=NCC(C)N1CCCCC1C)N1CCCC(CC(N)=O)C1. The van der Waals surface area contributed by atoms with Crippen molar-refractivity contribution in [3.63, 3.8) is 0 Å². The summed E-state index contributed by atoms with van der Waals surface area (Å²) in [6, 6.07) is 1.13. The van der Waals surface area contributed by atoms with Crippen molar-refractivity contribution in [1.82, 2.24) is 15.1 Å². The van der Waals surface area contributed by atoms with Crippen molar-refractivity contribution in [3.05, 3.63) is 0 Å². The molecule has 2 aliphatic rings. The maximum atomic E-state index is 11.2. The Morgan fingerprint density at radius 2 is 2.08 bits per heavy atom. The van der Waals surface area contributed by atoms with Gasteiger partial charge < -0.3 is 16.0 Å². The number of rotatable bonds is 6. The van der Waals surface area contributed by atoms with E-state index in [1.165, 1.54) is 25.8 Å². The smallest absolute Gasteiger partial charge is 0.217 e. The molecule has 0 aliphatic carbocycles. The van der Waals surface area contributed by atoms with Crippen LogP contribution < -0.4 is 11.1 Å². The van der Waals surface area contributed by atoms with Crippen LogP contribution in [0.15, 0.2) is 4.99 Å². The molecular formula is C19H37N5O. The van der Waals surface area contributed by atoms with Gasteiger partial charge in [0.2, 0.25) is 5.91 Å². The number of primary amides is 1. The average molecular weight is 352 g/mol. The molecule has 2 fully saturated rings. The minimum Gasteiger partial charge on any atom is -0.370 e. The lowest BCUT2D eigenvalue weighted by Gasteiger charge is -2.38. The van der Waals surface area contributed by atoms with Crippen LogP contribution >= 0.6 is 0 Å². The number of nitrogens with two attached hydrogens (primary N) is 1. The highest BCUT2D eigenvalue weighted by atomic mass is 16.1. The number of hydrogen-bond acceptors (Lipinski definition) is 3. The van der Waals surface area contributed by atoms with Crippen molar-refractivity contribution in [2.75, 3.05) is 32.7 Å². The van der Waals surface area contributed by atoms with Gasteiger partial charge in [0.1, 0.15) is 0 Å². The molecule has 0 saturated carbocycles. The molecule has 0 aromatic heterocycles. The molecule has 6 nitrogen and oxygen atoms in total. The molecule has 0 aromatic carbocycles. The number of carbonyl (C=O) groups excluding carboxylic acids is 1. The second-order valence-corrected chi connectivity index (χ2v) is 7.75. The van der Waals surface area contributed by atoms with Gasteiger partial charge in [-0.25, -0.2) is 0 Å². The summed E-state index contributed by atoms with van der Waals surface area (Å²) in [5, 5.41) is 3.44. The summed E-state index contributed by atoms with van der Waals surface area (Å²) >= 11 is 0. The maximum Gasteiger partial charge on any atom is 0.217 e. The molecule has 2 aliphatic heterocycles. The van der Waals surface area contributed by atoms with E-state index in [9.17, 15) is 4.79 Å². The van der Waals surface area contributed by atoms with E-state index < -0.39 is 0 Å². The van der Waals surface area contributed by atoms with Gasteiger partial charge in [0, 0.05) is 38.1 Å². The Bertz CT molecular complexity index is 453. The first-order chi connectivity index (χ1) is 12.0. The van der Waals surface area contributed by atoms with E-state index in [0.29, 0.717) is 24.4 Å². The molecule has 0 spiro atoms. The van der Waals surface area contributed by atoms with Crippen LogP contribution in [0.2, 0.25) is 0 Å². The van der Waals surface area contributed by atoms with E-state index in [4.69, 9.17) is 10.7 Å². The van der Waals surface area contributed by atoms with Crippen molar-refractivity contribution in [1.29, 1.82) is 0 Å². The number of amides is 1. The van der Waals surface area contributed by atoms with Crippen LogP contribution in [0.1, 0.15) is 59.3 Å². The largest absolute Gasteiger partial charge is 0.370 e. The van der Waals surface area contributed by atoms with Crippen molar-refractivity contribution < 1.29 is 4.79 Å². The van der Waals surface area contributed by atoms with Gasteiger partial charge in [0.05, 0.1) is 6.54 Å². The average Bonchev–Trinajstić information content (AvgIpc) is 2.58. The highest BCUT2D eigenvalue weighted by Gasteiger charge is 2.25. The normalized spacial score (nSPS) is 27.2. The molecule has 3 N–H and O–H groups in total. The predicted octanol–water partition coefficient (Wildman–Crippen LogP) is 1.80. The van der Waals surface area contributed by atoms with Gasteiger partial charge in [0.15, 0.2) is 5.96 Å².